The summed E-state index contributed by atoms with van der Waals surface area (Å²) in [5.74, 6) is -0.421. The molecule has 0 radical (unpaired) electrons. The largest absolute Gasteiger partial charge is 0.496 e. The maximum absolute atomic E-state index is 11.8. The molecule has 0 aliphatic heterocycles. The van der Waals surface area contributed by atoms with Crippen molar-refractivity contribution in [2.75, 3.05) is 13.7 Å². The molecular weight excluding hydrogens is 254 g/mol. The molecule has 0 saturated heterocycles. The van der Waals surface area contributed by atoms with Crippen LogP contribution in [0, 0.1) is 5.41 Å². The fourth-order valence-corrected chi connectivity index (χ4v) is 2.72. The average molecular weight is 269 g/mol. The highest BCUT2D eigenvalue weighted by molar-refractivity contribution is 7.12. The highest BCUT2D eigenvalue weighted by Gasteiger charge is 2.44. The number of carbonyl (C=O) groups excluding carboxylic acids is 1. The minimum absolute atomic E-state index is 0.196. The highest BCUT2D eigenvalue weighted by Crippen LogP contribution is 2.40. The number of aliphatic carboxylic acids is 1. The molecule has 98 valence electrons. The maximum Gasteiger partial charge on any atom is 0.311 e. The molecule has 0 unspecified atom stereocenters. The van der Waals surface area contributed by atoms with Gasteiger partial charge in [-0.05, 0) is 12.8 Å². The van der Waals surface area contributed by atoms with Crippen LogP contribution in [0.4, 0.5) is 0 Å². The lowest BCUT2D eigenvalue weighted by molar-refractivity contribution is -0.153. The van der Waals surface area contributed by atoms with Gasteiger partial charge < -0.3 is 15.2 Å². The first-order chi connectivity index (χ1) is 8.57. The third kappa shape index (κ3) is 2.33. The van der Waals surface area contributed by atoms with Crippen molar-refractivity contribution in [2.45, 2.75) is 19.3 Å². The summed E-state index contributed by atoms with van der Waals surface area (Å²) in [6, 6.07) is 1.65. The van der Waals surface area contributed by atoms with Crippen LogP contribution in [0.15, 0.2) is 11.4 Å². The number of carboxylic acids is 1. The Morgan fingerprint density at radius 3 is 2.72 bits per heavy atom. The van der Waals surface area contributed by atoms with Gasteiger partial charge in [-0.25, -0.2) is 0 Å². The van der Waals surface area contributed by atoms with E-state index < -0.39 is 11.4 Å². The second-order valence-corrected chi connectivity index (χ2v) is 5.38. The van der Waals surface area contributed by atoms with Gasteiger partial charge in [0.25, 0.3) is 5.91 Å². The highest BCUT2D eigenvalue weighted by atomic mass is 32.1. The van der Waals surface area contributed by atoms with E-state index in [9.17, 15) is 9.59 Å². The van der Waals surface area contributed by atoms with Gasteiger partial charge in [-0.15, -0.1) is 11.3 Å². The topological polar surface area (TPSA) is 75.6 Å². The summed E-state index contributed by atoms with van der Waals surface area (Å²) in [4.78, 5) is 23.5. The minimum atomic E-state index is -0.821. The van der Waals surface area contributed by atoms with Gasteiger partial charge >= 0.3 is 5.97 Å². The van der Waals surface area contributed by atoms with E-state index in [1.807, 2.05) is 0 Å². The van der Waals surface area contributed by atoms with Gasteiger partial charge in [0.15, 0.2) is 0 Å². The molecule has 0 bridgehead atoms. The Morgan fingerprint density at radius 1 is 1.56 bits per heavy atom. The Balaban J connectivity index is 1.94. The molecule has 1 fully saturated rings. The SMILES string of the molecule is COc1csc(C(=O)NCC2(C(=O)O)CCC2)c1. The number of hydrogen-bond acceptors (Lipinski definition) is 4. The van der Waals surface area contributed by atoms with Crippen molar-refractivity contribution >= 4 is 23.2 Å². The fourth-order valence-electron chi connectivity index (χ4n) is 1.95. The molecule has 0 spiro atoms. The van der Waals surface area contributed by atoms with Crippen molar-refractivity contribution in [3.8, 4) is 5.75 Å². The van der Waals surface area contributed by atoms with Crippen LogP contribution in [0.25, 0.3) is 0 Å². The molecule has 1 aliphatic carbocycles. The summed E-state index contributed by atoms with van der Waals surface area (Å²) in [6.07, 6.45) is 2.18. The van der Waals surface area contributed by atoms with Crippen molar-refractivity contribution in [3.63, 3.8) is 0 Å². The molecule has 1 aliphatic rings. The lowest BCUT2D eigenvalue weighted by Gasteiger charge is -2.37. The molecule has 0 aromatic carbocycles. The molecule has 2 N–H and O–H groups in total. The molecule has 18 heavy (non-hydrogen) atoms. The molecule has 1 heterocycles. The Bertz CT molecular complexity index is 464. The van der Waals surface area contributed by atoms with E-state index in [-0.39, 0.29) is 12.5 Å². The molecule has 1 saturated carbocycles. The minimum Gasteiger partial charge on any atom is -0.496 e. The number of amides is 1. The zero-order valence-corrected chi connectivity index (χ0v) is 10.9. The molecule has 6 heteroatoms. The van der Waals surface area contributed by atoms with Gasteiger partial charge in [-0.2, -0.15) is 0 Å². The summed E-state index contributed by atoms with van der Waals surface area (Å²) < 4.78 is 5.00. The standard InChI is InChI=1S/C12H15NO4S/c1-17-8-5-9(18-6-8)10(14)13-7-12(11(15)16)3-2-4-12/h5-6H,2-4,7H2,1H3,(H,13,14)(H,15,16). The first-order valence-corrected chi connectivity index (χ1v) is 6.59. The average Bonchev–Trinajstić information content (AvgIpc) is 2.75. The van der Waals surface area contributed by atoms with E-state index in [1.165, 1.54) is 18.4 Å². The second kappa shape index (κ2) is 4.97. The fraction of sp³-hybridized carbons (Fsp3) is 0.500. The number of hydrogen-bond donors (Lipinski definition) is 2. The van der Waals surface area contributed by atoms with Crippen molar-refractivity contribution in [2.24, 2.45) is 5.41 Å². The van der Waals surface area contributed by atoms with Crippen LogP contribution in [-0.4, -0.2) is 30.6 Å². The molecule has 1 aromatic rings. The third-order valence-electron chi connectivity index (χ3n) is 3.39. The summed E-state index contributed by atoms with van der Waals surface area (Å²) in [5, 5.41) is 13.6. The predicted octanol–water partition coefficient (Wildman–Crippen LogP) is 1.74. The van der Waals surface area contributed by atoms with Crippen LogP contribution in [-0.2, 0) is 4.79 Å². The van der Waals surface area contributed by atoms with Crippen LogP contribution < -0.4 is 10.1 Å². The Morgan fingerprint density at radius 2 is 2.28 bits per heavy atom. The number of methoxy groups -OCH3 is 1. The number of carbonyl (C=O) groups is 2. The molecule has 1 amide bonds. The van der Waals surface area contributed by atoms with E-state index >= 15 is 0 Å². The smallest absolute Gasteiger partial charge is 0.311 e. The van der Waals surface area contributed by atoms with Gasteiger partial charge in [-0.1, -0.05) is 6.42 Å². The molecule has 0 atom stereocenters. The maximum atomic E-state index is 11.8. The van der Waals surface area contributed by atoms with Crippen molar-refractivity contribution < 1.29 is 19.4 Å². The van der Waals surface area contributed by atoms with Gasteiger partial charge in [0.05, 0.1) is 17.4 Å². The van der Waals surface area contributed by atoms with Crippen LogP contribution in [0.3, 0.4) is 0 Å². The summed E-state index contributed by atoms with van der Waals surface area (Å²) in [7, 11) is 1.54. The molecule has 2 rings (SSSR count). The van der Waals surface area contributed by atoms with Crippen molar-refractivity contribution in [1.82, 2.24) is 5.32 Å². The number of rotatable bonds is 5. The van der Waals surface area contributed by atoms with Crippen molar-refractivity contribution in [1.29, 1.82) is 0 Å². The number of nitrogens with one attached hydrogen (secondary N) is 1. The van der Waals surface area contributed by atoms with Crippen LogP contribution in [0.2, 0.25) is 0 Å². The first kappa shape index (κ1) is 12.9. The summed E-state index contributed by atoms with van der Waals surface area (Å²) in [6.45, 7) is 0.196. The lowest BCUT2D eigenvalue weighted by atomic mass is 9.69. The Kier molecular flexibility index (Phi) is 3.56. The van der Waals surface area contributed by atoms with E-state index in [0.29, 0.717) is 23.5 Å². The van der Waals surface area contributed by atoms with Crippen LogP contribution in [0.5, 0.6) is 5.75 Å². The van der Waals surface area contributed by atoms with E-state index in [0.717, 1.165) is 6.42 Å². The van der Waals surface area contributed by atoms with Crippen LogP contribution >= 0.6 is 11.3 Å². The molecular formula is C12H15NO4S. The third-order valence-corrected chi connectivity index (χ3v) is 4.29. The second-order valence-electron chi connectivity index (χ2n) is 4.47. The quantitative estimate of drug-likeness (QED) is 0.853. The van der Waals surface area contributed by atoms with Gasteiger partial charge in [0.2, 0.25) is 0 Å². The van der Waals surface area contributed by atoms with Crippen LogP contribution in [0.1, 0.15) is 28.9 Å². The lowest BCUT2D eigenvalue weighted by Crippen LogP contribution is -2.47. The van der Waals surface area contributed by atoms with E-state index in [2.05, 4.69) is 5.32 Å². The summed E-state index contributed by atoms with van der Waals surface area (Å²) in [5.41, 5.74) is -0.753. The summed E-state index contributed by atoms with van der Waals surface area (Å²) >= 11 is 1.28. The van der Waals surface area contributed by atoms with Crippen molar-refractivity contribution in [3.05, 3.63) is 16.3 Å². The van der Waals surface area contributed by atoms with Gasteiger partial charge in [0.1, 0.15) is 5.75 Å². The normalized spacial score (nSPS) is 16.7. The first-order valence-electron chi connectivity index (χ1n) is 5.71. The van der Waals surface area contributed by atoms with Gasteiger partial charge in [-0.3, -0.25) is 9.59 Å². The Hall–Kier alpha value is -1.56. The van der Waals surface area contributed by atoms with E-state index in [1.54, 1.807) is 11.4 Å². The van der Waals surface area contributed by atoms with Gasteiger partial charge in [0, 0.05) is 18.0 Å². The predicted molar refractivity (Wildman–Crippen MR) is 67.1 cm³/mol. The molecule has 1 aromatic heterocycles. The number of ether oxygens (including phenoxy) is 1. The van der Waals surface area contributed by atoms with E-state index in [4.69, 9.17) is 9.84 Å². The Labute approximate surface area is 109 Å². The molecule has 5 nitrogen and oxygen atoms in total. The number of thiophene rings is 1. The zero-order valence-electron chi connectivity index (χ0n) is 10.1. The monoisotopic (exact) mass is 269 g/mol. The zero-order chi connectivity index (χ0) is 13.2. The number of carboxylic acid groups (broad SMARTS) is 1.